The Morgan fingerprint density at radius 1 is 1.45 bits per heavy atom. The number of aromatic nitrogens is 2. The van der Waals surface area contributed by atoms with Gasteiger partial charge in [0.1, 0.15) is 0 Å². The van der Waals surface area contributed by atoms with E-state index in [0.717, 1.165) is 42.1 Å². The van der Waals surface area contributed by atoms with Crippen LogP contribution in [0.5, 0.6) is 5.88 Å². The molecule has 2 aromatic rings. The van der Waals surface area contributed by atoms with Crippen molar-refractivity contribution in [3.8, 4) is 5.88 Å². The number of hydrogen-bond donors (Lipinski definition) is 0. The second kappa shape index (κ2) is 5.51. The summed E-state index contributed by atoms with van der Waals surface area (Å²) in [5.41, 5.74) is 2.77. The van der Waals surface area contributed by atoms with Gasteiger partial charge in [-0.2, -0.15) is 5.10 Å². The summed E-state index contributed by atoms with van der Waals surface area (Å²) in [6.07, 6.45) is 3.44. The molecule has 2 aromatic heterocycles. The van der Waals surface area contributed by atoms with E-state index in [1.54, 1.807) is 18.1 Å². The maximum atomic E-state index is 12.8. The lowest BCUT2D eigenvalue weighted by Crippen LogP contribution is -2.31. The Kier molecular flexibility index (Phi) is 3.68. The van der Waals surface area contributed by atoms with Gasteiger partial charge in [-0.15, -0.1) is 0 Å². The van der Waals surface area contributed by atoms with Crippen LogP contribution in [0.15, 0.2) is 16.7 Å². The summed E-state index contributed by atoms with van der Waals surface area (Å²) < 4.78 is 12.6. The van der Waals surface area contributed by atoms with Crippen LogP contribution in [0.3, 0.4) is 0 Å². The highest BCUT2D eigenvalue weighted by Crippen LogP contribution is 2.39. The Balaban J connectivity index is 1.98. The Morgan fingerprint density at radius 2 is 2.23 bits per heavy atom. The second-order valence-electron chi connectivity index (χ2n) is 5.72. The quantitative estimate of drug-likeness (QED) is 0.874. The van der Waals surface area contributed by atoms with Crippen LogP contribution in [0.25, 0.3) is 0 Å². The SMILES string of the molecule is COc1c(C2CCCN2C(=O)c2occc2C)c(C)nn1C. The fraction of sp³-hybridized carbons (Fsp3) is 0.500. The minimum Gasteiger partial charge on any atom is -0.481 e. The molecule has 22 heavy (non-hydrogen) atoms. The van der Waals surface area contributed by atoms with Crippen molar-refractivity contribution in [3.05, 3.63) is 34.9 Å². The maximum absolute atomic E-state index is 12.8. The highest BCUT2D eigenvalue weighted by atomic mass is 16.5. The maximum Gasteiger partial charge on any atom is 0.290 e. The molecule has 1 aliphatic heterocycles. The number of likely N-dealkylation sites (tertiary alicyclic amines) is 1. The van der Waals surface area contributed by atoms with Gasteiger partial charge < -0.3 is 14.1 Å². The topological polar surface area (TPSA) is 60.5 Å². The largest absolute Gasteiger partial charge is 0.481 e. The van der Waals surface area contributed by atoms with E-state index in [1.165, 1.54) is 0 Å². The van der Waals surface area contributed by atoms with E-state index < -0.39 is 0 Å². The molecule has 3 heterocycles. The molecule has 1 amide bonds. The first-order valence-electron chi connectivity index (χ1n) is 7.47. The molecule has 6 heteroatoms. The molecule has 1 saturated heterocycles. The highest BCUT2D eigenvalue weighted by molar-refractivity contribution is 5.93. The van der Waals surface area contributed by atoms with Gasteiger partial charge in [0.05, 0.1) is 30.7 Å². The zero-order valence-corrected chi connectivity index (χ0v) is 13.4. The van der Waals surface area contributed by atoms with E-state index in [2.05, 4.69) is 5.10 Å². The van der Waals surface area contributed by atoms with E-state index >= 15 is 0 Å². The van der Waals surface area contributed by atoms with E-state index in [1.807, 2.05) is 31.9 Å². The van der Waals surface area contributed by atoms with Gasteiger partial charge in [-0.3, -0.25) is 4.79 Å². The average molecular weight is 303 g/mol. The Bertz CT molecular complexity index is 702. The van der Waals surface area contributed by atoms with Crippen LogP contribution >= 0.6 is 0 Å². The molecule has 0 bridgehead atoms. The molecule has 1 unspecified atom stereocenters. The van der Waals surface area contributed by atoms with Crippen molar-refractivity contribution >= 4 is 5.91 Å². The predicted octanol–water partition coefficient (Wildman–Crippen LogP) is 2.62. The third-order valence-corrected chi connectivity index (χ3v) is 4.31. The van der Waals surface area contributed by atoms with E-state index in [0.29, 0.717) is 5.76 Å². The van der Waals surface area contributed by atoms with Crippen LogP contribution in [0.2, 0.25) is 0 Å². The van der Waals surface area contributed by atoms with Crippen LogP contribution in [0, 0.1) is 13.8 Å². The van der Waals surface area contributed by atoms with Gasteiger partial charge in [-0.25, -0.2) is 4.68 Å². The van der Waals surface area contributed by atoms with Gasteiger partial charge in [0.2, 0.25) is 5.88 Å². The second-order valence-corrected chi connectivity index (χ2v) is 5.72. The van der Waals surface area contributed by atoms with Gasteiger partial charge in [-0.05, 0) is 32.8 Å². The number of amides is 1. The van der Waals surface area contributed by atoms with Crippen molar-refractivity contribution < 1.29 is 13.9 Å². The minimum absolute atomic E-state index is 0.0133. The Morgan fingerprint density at radius 3 is 2.86 bits per heavy atom. The van der Waals surface area contributed by atoms with Crippen LogP contribution in [-0.2, 0) is 7.05 Å². The standard InChI is InChI=1S/C16H21N3O3/c1-10-7-9-22-14(10)15(20)19-8-5-6-12(19)13-11(2)17-18(3)16(13)21-4/h7,9,12H,5-6,8H2,1-4H3. The highest BCUT2D eigenvalue weighted by Gasteiger charge is 2.36. The van der Waals surface area contributed by atoms with Crippen molar-refractivity contribution in [2.24, 2.45) is 7.05 Å². The Labute approximate surface area is 129 Å². The predicted molar refractivity (Wildman–Crippen MR) is 81.0 cm³/mol. The normalized spacial score (nSPS) is 18.0. The van der Waals surface area contributed by atoms with Crippen molar-refractivity contribution in [3.63, 3.8) is 0 Å². The fourth-order valence-electron chi connectivity index (χ4n) is 3.31. The molecule has 0 aliphatic carbocycles. The number of ether oxygens (including phenoxy) is 1. The third-order valence-electron chi connectivity index (χ3n) is 4.31. The van der Waals surface area contributed by atoms with Gasteiger partial charge in [0.25, 0.3) is 5.91 Å². The lowest BCUT2D eigenvalue weighted by atomic mass is 10.0. The van der Waals surface area contributed by atoms with Gasteiger partial charge >= 0.3 is 0 Å². The Hall–Kier alpha value is -2.24. The number of rotatable bonds is 3. The third kappa shape index (κ3) is 2.19. The fourth-order valence-corrected chi connectivity index (χ4v) is 3.31. The summed E-state index contributed by atoms with van der Waals surface area (Å²) in [5.74, 6) is 1.08. The summed E-state index contributed by atoms with van der Waals surface area (Å²) in [5, 5.41) is 4.43. The molecule has 0 aromatic carbocycles. The molecule has 1 fully saturated rings. The molecular formula is C16H21N3O3. The number of nitrogens with zero attached hydrogens (tertiary/aromatic N) is 3. The molecule has 3 rings (SSSR count). The summed E-state index contributed by atoms with van der Waals surface area (Å²) in [4.78, 5) is 14.7. The van der Waals surface area contributed by atoms with Crippen molar-refractivity contribution in [1.29, 1.82) is 0 Å². The molecule has 0 N–H and O–H groups in total. The summed E-state index contributed by atoms with van der Waals surface area (Å²) in [6, 6.07) is 1.80. The number of aryl methyl sites for hydroxylation is 3. The van der Waals surface area contributed by atoms with E-state index in [4.69, 9.17) is 9.15 Å². The summed E-state index contributed by atoms with van der Waals surface area (Å²) in [7, 11) is 3.49. The molecule has 1 aliphatic rings. The molecule has 0 radical (unpaired) electrons. The molecule has 118 valence electrons. The zero-order valence-electron chi connectivity index (χ0n) is 13.4. The van der Waals surface area contributed by atoms with Crippen molar-refractivity contribution in [2.75, 3.05) is 13.7 Å². The van der Waals surface area contributed by atoms with Crippen LogP contribution in [-0.4, -0.2) is 34.2 Å². The van der Waals surface area contributed by atoms with Gasteiger partial charge in [0.15, 0.2) is 5.76 Å². The first-order valence-corrected chi connectivity index (χ1v) is 7.47. The number of furan rings is 1. The van der Waals surface area contributed by atoms with Gasteiger partial charge in [-0.1, -0.05) is 0 Å². The van der Waals surface area contributed by atoms with Gasteiger partial charge in [0, 0.05) is 19.2 Å². The minimum atomic E-state index is -0.0599. The summed E-state index contributed by atoms with van der Waals surface area (Å²) in [6.45, 7) is 4.57. The van der Waals surface area contributed by atoms with Crippen LogP contribution in [0.1, 0.15) is 46.3 Å². The van der Waals surface area contributed by atoms with E-state index in [9.17, 15) is 4.79 Å². The molecular weight excluding hydrogens is 282 g/mol. The number of hydrogen-bond acceptors (Lipinski definition) is 4. The zero-order chi connectivity index (χ0) is 15.9. The molecule has 0 spiro atoms. The molecule has 6 nitrogen and oxygen atoms in total. The van der Waals surface area contributed by atoms with E-state index in [-0.39, 0.29) is 11.9 Å². The molecule has 1 atom stereocenters. The van der Waals surface area contributed by atoms with Crippen molar-refractivity contribution in [1.82, 2.24) is 14.7 Å². The smallest absolute Gasteiger partial charge is 0.290 e. The number of methoxy groups -OCH3 is 1. The number of carbonyl (C=O) groups excluding carboxylic acids is 1. The average Bonchev–Trinajstić information content (AvgIpc) is 3.16. The first kappa shape index (κ1) is 14.7. The van der Waals surface area contributed by atoms with Crippen molar-refractivity contribution in [2.45, 2.75) is 32.7 Å². The lowest BCUT2D eigenvalue weighted by molar-refractivity contribution is 0.0700. The monoisotopic (exact) mass is 303 g/mol. The van der Waals surface area contributed by atoms with Crippen LogP contribution in [0.4, 0.5) is 0 Å². The number of carbonyl (C=O) groups is 1. The molecule has 0 saturated carbocycles. The lowest BCUT2D eigenvalue weighted by Gasteiger charge is -2.24. The van der Waals surface area contributed by atoms with Crippen LogP contribution < -0.4 is 4.74 Å². The first-order chi connectivity index (χ1) is 10.5. The summed E-state index contributed by atoms with van der Waals surface area (Å²) >= 11 is 0.